The van der Waals surface area contributed by atoms with E-state index in [0.717, 1.165) is 36.1 Å². The highest BCUT2D eigenvalue weighted by Gasteiger charge is 2.13. The highest BCUT2D eigenvalue weighted by atomic mass is 35.5. The lowest BCUT2D eigenvalue weighted by molar-refractivity contribution is 0.478. The van der Waals surface area contributed by atoms with Gasteiger partial charge < -0.3 is 20.0 Å². The lowest BCUT2D eigenvalue weighted by Gasteiger charge is -2.11. The van der Waals surface area contributed by atoms with Crippen LogP contribution >= 0.6 is 36.4 Å². The van der Waals surface area contributed by atoms with E-state index in [9.17, 15) is 0 Å². The van der Waals surface area contributed by atoms with E-state index in [1.807, 2.05) is 30.1 Å². The van der Waals surface area contributed by atoms with Gasteiger partial charge in [0.2, 0.25) is 5.89 Å². The summed E-state index contributed by atoms with van der Waals surface area (Å²) in [6.45, 7) is 1.22. The van der Waals surface area contributed by atoms with Gasteiger partial charge in [0, 0.05) is 18.5 Å². The van der Waals surface area contributed by atoms with Crippen LogP contribution in [0, 0.1) is 0 Å². The predicted octanol–water partition coefficient (Wildman–Crippen LogP) is 3.36. The fourth-order valence-corrected chi connectivity index (χ4v) is 2.49. The number of aromatic amines is 1. The minimum Gasteiger partial charge on any atom is -0.408 e. The standard InChI is InChI=1S/C15H19ClN6O.2ClH/c1-22(15-21-20-14(23-15)4-2-3-7-17)9-13-18-11-6-5-10(16)8-12(11)19-13;;/h5-6,8H,2-4,7,9,17H2,1H3,(H,18,19);2*1H. The predicted molar refractivity (Wildman–Crippen MR) is 104 cm³/mol. The molecule has 2 heterocycles. The second kappa shape index (κ2) is 9.82. The topological polar surface area (TPSA) is 96.9 Å². The van der Waals surface area contributed by atoms with Crippen molar-refractivity contribution in [2.24, 2.45) is 5.73 Å². The molecule has 0 radical (unpaired) electrons. The van der Waals surface area contributed by atoms with Gasteiger partial charge in [-0.15, -0.1) is 29.9 Å². The summed E-state index contributed by atoms with van der Waals surface area (Å²) in [6.07, 6.45) is 2.66. The average Bonchev–Trinajstić information content (AvgIpc) is 3.13. The van der Waals surface area contributed by atoms with Crippen molar-refractivity contribution in [2.75, 3.05) is 18.5 Å². The van der Waals surface area contributed by atoms with Gasteiger partial charge in [-0.1, -0.05) is 16.7 Å². The minimum absolute atomic E-state index is 0. The molecule has 0 aliphatic rings. The maximum absolute atomic E-state index is 5.99. The van der Waals surface area contributed by atoms with Gasteiger partial charge in [0.15, 0.2) is 0 Å². The van der Waals surface area contributed by atoms with Gasteiger partial charge in [-0.2, -0.15) is 0 Å². The van der Waals surface area contributed by atoms with Crippen LogP contribution in [0.15, 0.2) is 22.6 Å². The summed E-state index contributed by atoms with van der Waals surface area (Å²) in [7, 11) is 1.89. The van der Waals surface area contributed by atoms with Crippen LogP contribution in [0.25, 0.3) is 11.0 Å². The number of hydrogen-bond donors (Lipinski definition) is 2. The molecule has 138 valence electrons. The number of aryl methyl sites for hydroxylation is 1. The Morgan fingerprint density at radius 2 is 2.04 bits per heavy atom. The zero-order valence-electron chi connectivity index (χ0n) is 13.7. The van der Waals surface area contributed by atoms with Crippen molar-refractivity contribution >= 4 is 53.5 Å². The number of imidazole rings is 1. The molecule has 25 heavy (non-hydrogen) atoms. The van der Waals surface area contributed by atoms with Crippen molar-refractivity contribution in [1.82, 2.24) is 20.2 Å². The molecule has 0 aliphatic carbocycles. The number of rotatable bonds is 7. The molecule has 2 aromatic heterocycles. The highest BCUT2D eigenvalue weighted by Crippen LogP contribution is 2.19. The number of hydrogen-bond acceptors (Lipinski definition) is 6. The Labute approximate surface area is 163 Å². The number of benzene rings is 1. The first-order valence-corrected chi connectivity index (χ1v) is 7.91. The number of halogens is 3. The molecule has 0 aliphatic heterocycles. The molecule has 10 heteroatoms. The third-order valence-electron chi connectivity index (χ3n) is 3.51. The SMILES string of the molecule is CN(Cc1nc2ccc(Cl)cc2[nH]1)c1nnc(CCCCN)o1.Cl.Cl. The molecule has 0 fully saturated rings. The van der Waals surface area contributed by atoms with Crippen LogP contribution in [0.4, 0.5) is 6.01 Å². The summed E-state index contributed by atoms with van der Waals surface area (Å²) in [4.78, 5) is 9.63. The number of nitrogens with two attached hydrogens (primary N) is 1. The van der Waals surface area contributed by atoms with E-state index in [1.165, 1.54) is 0 Å². The van der Waals surface area contributed by atoms with E-state index >= 15 is 0 Å². The summed E-state index contributed by atoms with van der Waals surface area (Å²) >= 11 is 5.99. The Kier molecular flexibility index (Phi) is 8.44. The van der Waals surface area contributed by atoms with Gasteiger partial charge in [0.1, 0.15) is 5.82 Å². The van der Waals surface area contributed by atoms with Crippen molar-refractivity contribution < 1.29 is 4.42 Å². The molecule has 0 saturated carbocycles. The fraction of sp³-hybridized carbons (Fsp3) is 0.400. The van der Waals surface area contributed by atoms with E-state index in [4.69, 9.17) is 21.8 Å². The zero-order valence-corrected chi connectivity index (χ0v) is 16.1. The Balaban J connectivity index is 0.00000156. The number of unbranched alkanes of at least 4 members (excludes halogenated alkanes) is 1. The summed E-state index contributed by atoms with van der Waals surface area (Å²) in [5.41, 5.74) is 7.27. The van der Waals surface area contributed by atoms with Gasteiger partial charge in [-0.3, -0.25) is 0 Å². The zero-order chi connectivity index (χ0) is 16.2. The second-order valence-corrected chi connectivity index (χ2v) is 5.86. The number of nitrogens with one attached hydrogen (secondary N) is 1. The summed E-state index contributed by atoms with van der Waals surface area (Å²) < 4.78 is 5.66. The molecular weight excluding hydrogens is 387 g/mol. The summed E-state index contributed by atoms with van der Waals surface area (Å²) in [6, 6.07) is 6.05. The molecule has 1 aromatic carbocycles. The number of fused-ring (bicyclic) bond motifs is 1. The summed E-state index contributed by atoms with van der Waals surface area (Å²) in [5.74, 6) is 1.45. The van der Waals surface area contributed by atoms with Crippen molar-refractivity contribution in [2.45, 2.75) is 25.8 Å². The van der Waals surface area contributed by atoms with Gasteiger partial charge in [0.25, 0.3) is 0 Å². The minimum atomic E-state index is 0. The van der Waals surface area contributed by atoms with Crippen LogP contribution < -0.4 is 10.6 Å². The number of nitrogens with zero attached hydrogens (tertiary/aromatic N) is 4. The highest BCUT2D eigenvalue weighted by molar-refractivity contribution is 6.31. The quantitative estimate of drug-likeness (QED) is 0.583. The van der Waals surface area contributed by atoms with Crippen LogP contribution in [0.5, 0.6) is 0 Å². The van der Waals surface area contributed by atoms with E-state index < -0.39 is 0 Å². The van der Waals surface area contributed by atoms with E-state index in [0.29, 0.717) is 30.0 Å². The molecule has 0 bridgehead atoms. The molecule has 0 spiro atoms. The van der Waals surface area contributed by atoms with Gasteiger partial charge in [0.05, 0.1) is 17.6 Å². The second-order valence-electron chi connectivity index (χ2n) is 5.43. The number of anilines is 1. The van der Waals surface area contributed by atoms with Crippen LogP contribution in [0.3, 0.4) is 0 Å². The van der Waals surface area contributed by atoms with Crippen molar-refractivity contribution in [3.05, 3.63) is 34.9 Å². The molecular formula is C15H21Cl3N6O. The first kappa shape index (κ1) is 21.5. The lowest BCUT2D eigenvalue weighted by Crippen LogP contribution is -2.17. The summed E-state index contributed by atoms with van der Waals surface area (Å²) in [5, 5.41) is 8.81. The maximum Gasteiger partial charge on any atom is 0.318 e. The molecule has 0 atom stereocenters. The van der Waals surface area contributed by atoms with Crippen molar-refractivity contribution in [1.29, 1.82) is 0 Å². The molecule has 0 saturated heterocycles. The smallest absolute Gasteiger partial charge is 0.318 e. The van der Waals surface area contributed by atoms with Gasteiger partial charge >= 0.3 is 6.01 Å². The third kappa shape index (κ3) is 5.47. The average molecular weight is 408 g/mol. The Bertz CT molecular complexity index is 791. The van der Waals surface area contributed by atoms with Crippen LogP contribution in [0.1, 0.15) is 24.6 Å². The maximum atomic E-state index is 5.99. The van der Waals surface area contributed by atoms with Crippen LogP contribution in [0.2, 0.25) is 5.02 Å². The van der Waals surface area contributed by atoms with E-state index in [2.05, 4.69) is 20.2 Å². The number of aromatic nitrogens is 4. The largest absolute Gasteiger partial charge is 0.408 e. The Morgan fingerprint density at radius 1 is 1.24 bits per heavy atom. The first-order valence-electron chi connectivity index (χ1n) is 7.53. The normalized spacial score (nSPS) is 10.4. The number of H-pyrrole nitrogens is 1. The van der Waals surface area contributed by atoms with Crippen molar-refractivity contribution in [3.8, 4) is 0 Å². The van der Waals surface area contributed by atoms with Gasteiger partial charge in [-0.25, -0.2) is 4.98 Å². The van der Waals surface area contributed by atoms with Crippen molar-refractivity contribution in [3.63, 3.8) is 0 Å². The molecule has 3 aromatic rings. The Morgan fingerprint density at radius 3 is 2.80 bits per heavy atom. The van der Waals surface area contributed by atoms with Crippen LogP contribution in [-0.2, 0) is 13.0 Å². The third-order valence-corrected chi connectivity index (χ3v) is 3.74. The van der Waals surface area contributed by atoms with E-state index in [1.54, 1.807) is 0 Å². The Hall–Kier alpha value is -1.54. The van der Waals surface area contributed by atoms with Crippen LogP contribution in [-0.4, -0.2) is 33.8 Å². The molecule has 0 unspecified atom stereocenters. The molecule has 0 amide bonds. The fourth-order valence-electron chi connectivity index (χ4n) is 2.32. The molecule has 3 N–H and O–H groups in total. The van der Waals surface area contributed by atoms with Gasteiger partial charge in [-0.05, 0) is 37.6 Å². The first-order chi connectivity index (χ1) is 11.2. The molecule has 7 nitrogen and oxygen atoms in total. The monoisotopic (exact) mass is 406 g/mol. The lowest BCUT2D eigenvalue weighted by atomic mass is 10.2. The van der Waals surface area contributed by atoms with E-state index in [-0.39, 0.29) is 24.8 Å². The molecule has 3 rings (SSSR count).